The fourth-order valence-electron chi connectivity index (χ4n) is 2.82. The average Bonchev–Trinajstić information content (AvgIpc) is 3.14. The molecule has 1 aromatic heterocycles. The van der Waals surface area contributed by atoms with Crippen LogP contribution in [-0.4, -0.2) is 16.0 Å². The predicted octanol–water partition coefficient (Wildman–Crippen LogP) is 7.27. The molecule has 1 heterocycles. The van der Waals surface area contributed by atoms with Gasteiger partial charge in [0.2, 0.25) is 0 Å². The number of carbonyl (C=O) groups is 1. The van der Waals surface area contributed by atoms with E-state index in [0.717, 1.165) is 29.7 Å². The van der Waals surface area contributed by atoms with E-state index in [0.29, 0.717) is 16.3 Å². The fourth-order valence-corrected chi connectivity index (χ4v) is 5.55. The Kier molecular flexibility index (Phi) is 6.50. The summed E-state index contributed by atoms with van der Waals surface area (Å²) in [4.78, 5) is 17.3. The van der Waals surface area contributed by atoms with Gasteiger partial charge >= 0.3 is 0 Å². The molecule has 4 aromatic rings. The third-order valence-electron chi connectivity index (χ3n) is 4.16. The van der Waals surface area contributed by atoms with Gasteiger partial charge in [-0.3, -0.25) is 10.1 Å². The summed E-state index contributed by atoms with van der Waals surface area (Å²) in [7, 11) is 0. The van der Waals surface area contributed by atoms with Gasteiger partial charge < -0.3 is 5.32 Å². The standard InChI is InChI=1S/C21H12Br2ClN3OS2/c22-11-9-13(20-25-16-7-3-4-8-17(16)30-20)18(14(23)10-11)26-21(29)27-19(28)12-5-1-2-6-15(12)24/h1-10H,(H2,26,27,28,29). The van der Waals surface area contributed by atoms with Crippen LogP contribution >= 0.6 is 67.0 Å². The largest absolute Gasteiger partial charge is 0.331 e. The summed E-state index contributed by atoms with van der Waals surface area (Å²) < 4.78 is 2.75. The van der Waals surface area contributed by atoms with Crippen molar-refractivity contribution in [3.63, 3.8) is 0 Å². The number of fused-ring (bicyclic) bond motifs is 1. The van der Waals surface area contributed by atoms with Crippen LogP contribution < -0.4 is 10.6 Å². The number of rotatable bonds is 3. The Balaban J connectivity index is 1.65. The molecule has 0 aliphatic rings. The lowest BCUT2D eigenvalue weighted by Gasteiger charge is -2.15. The molecule has 1 amide bonds. The van der Waals surface area contributed by atoms with Crippen molar-refractivity contribution < 1.29 is 4.79 Å². The molecule has 4 nitrogen and oxygen atoms in total. The Bertz CT molecular complexity index is 1260. The third-order valence-corrected chi connectivity index (χ3v) is 6.85. The van der Waals surface area contributed by atoms with Crippen LogP contribution in [0.2, 0.25) is 5.02 Å². The zero-order chi connectivity index (χ0) is 21.3. The van der Waals surface area contributed by atoms with Crippen LogP contribution in [0, 0.1) is 0 Å². The molecule has 0 unspecified atom stereocenters. The van der Waals surface area contributed by atoms with Crippen molar-refractivity contribution >= 4 is 93.9 Å². The predicted molar refractivity (Wildman–Crippen MR) is 136 cm³/mol. The summed E-state index contributed by atoms with van der Waals surface area (Å²) in [6.07, 6.45) is 0. The molecule has 9 heteroatoms. The normalized spacial score (nSPS) is 10.8. The number of amides is 1. The van der Waals surface area contributed by atoms with E-state index in [1.54, 1.807) is 35.6 Å². The first kappa shape index (κ1) is 21.4. The van der Waals surface area contributed by atoms with E-state index < -0.39 is 0 Å². The Morgan fingerprint density at radius 3 is 2.57 bits per heavy atom. The second-order valence-electron chi connectivity index (χ2n) is 6.19. The van der Waals surface area contributed by atoms with Crippen LogP contribution in [0.25, 0.3) is 20.8 Å². The SMILES string of the molecule is O=C(NC(=S)Nc1c(Br)cc(Br)cc1-c1nc2ccccc2s1)c1ccccc1Cl. The molecule has 0 atom stereocenters. The van der Waals surface area contributed by atoms with Gasteiger partial charge in [-0.25, -0.2) is 4.98 Å². The Labute approximate surface area is 203 Å². The van der Waals surface area contributed by atoms with E-state index in [2.05, 4.69) is 42.5 Å². The van der Waals surface area contributed by atoms with E-state index in [1.807, 2.05) is 36.4 Å². The van der Waals surface area contributed by atoms with Gasteiger partial charge in [-0.2, -0.15) is 0 Å². The molecule has 0 saturated carbocycles. The second kappa shape index (κ2) is 9.11. The molecule has 0 radical (unpaired) electrons. The molecular weight excluding hydrogens is 570 g/mol. The van der Waals surface area contributed by atoms with Gasteiger partial charge in [0, 0.05) is 14.5 Å². The minimum atomic E-state index is -0.382. The number of nitrogens with one attached hydrogen (secondary N) is 2. The highest BCUT2D eigenvalue weighted by molar-refractivity contribution is 9.11. The molecule has 2 N–H and O–H groups in total. The van der Waals surface area contributed by atoms with E-state index >= 15 is 0 Å². The maximum Gasteiger partial charge on any atom is 0.258 e. The van der Waals surface area contributed by atoms with Crippen LogP contribution in [0.1, 0.15) is 10.4 Å². The van der Waals surface area contributed by atoms with Crippen molar-refractivity contribution in [1.29, 1.82) is 0 Å². The average molecular weight is 582 g/mol. The van der Waals surface area contributed by atoms with Crippen molar-refractivity contribution in [3.05, 3.63) is 80.2 Å². The lowest BCUT2D eigenvalue weighted by molar-refractivity contribution is 0.0978. The molecule has 0 spiro atoms. The number of hydrogen-bond acceptors (Lipinski definition) is 4. The molecule has 0 aliphatic heterocycles. The molecule has 150 valence electrons. The number of thiazole rings is 1. The number of carbonyl (C=O) groups excluding carboxylic acids is 1. The Morgan fingerprint density at radius 1 is 1.07 bits per heavy atom. The first-order valence-corrected chi connectivity index (χ1v) is 11.8. The number of halogens is 3. The van der Waals surface area contributed by atoms with Crippen LogP contribution in [0.5, 0.6) is 0 Å². The smallest absolute Gasteiger partial charge is 0.258 e. The van der Waals surface area contributed by atoms with E-state index in [-0.39, 0.29) is 11.0 Å². The molecule has 0 aliphatic carbocycles. The number of para-hydroxylation sites is 1. The third kappa shape index (κ3) is 4.58. The second-order valence-corrected chi connectivity index (χ2v) is 9.80. The van der Waals surface area contributed by atoms with E-state index in [4.69, 9.17) is 28.8 Å². The number of anilines is 1. The minimum Gasteiger partial charge on any atom is -0.331 e. The van der Waals surface area contributed by atoms with Gasteiger partial charge in [-0.1, -0.05) is 51.8 Å². The lowest BCUT2D eigenvalue weighted by atomic mass is 10.2. The summed E-state index contributed by atoms with van der Waals surface area (Å²) in [5.41, 5.74) is 2.84. The number of aromatic nitrogens is 1. The summed E-state index contributed by atoms with van der Waals surface area (Å²) in [6.45, 7) is 0. The highest BCUT2D eigenvalue weighted by Gasteiger charge is 2.17. The van der Waals surface area contributed by atoms with Crippen molar-refractivity contribution in [3.8, 4) is 10.6 Å². The molecule has 4 rings (SSSR count). The topological polar surface area (TPSA) is 54.0 Å². The quantitative estimate of drug-likeness (QED) is 0.250. The maximum absolute atomic E-state index is 12.5. The molecule has 0 fully saturated rings. The van der Waals surface area contributed by atoms with Crippen LogP contribution in [0.4, 0.5) is 5.69 Å². The summed E-state index contributed by atoms with van der Waals surface area (Å²) in [5, 5.41) is 7.16. The van der Waals surface area contributed by atoms with Crippen molar-refractivity contribution in [2.75, 3.05) is 5.32 Å². The highest BCUT2D eigenvalue weighted by Crippen LogP contribution is 2.40. The van der Waals surface area contributed by atoms with Crippen molar-refractivity contribution in [2.24, 2.45) is 0 Å². The monoisotopic (exact) mass is 579 g/mol. The maximum atomic E-state index is 12.5. The molecule has 30 heavy (non-hydrogen) atoms. The number of nitrogens with zero attached hydrogens (tertiary/aromatic N) is 1. The summed E-state index contributed by atoms with van der Waals surface area (Å²) >= 11 is 20.2. The van der Waals surface area contributed by atoms with Crippen LogP contribution in [0.15, 0.2) is 69.6 Å². The fraction of sp³-hybridized carbons (Fsp3) is 0. The van der Waals surface area contributed by atoms with Gasteiger partial charge in [0.25, 0.3) is 5.91 Å². The molecule has 0 bridgehead atoms. The van der Waals surface area contributed by atoms with Crippen molar-refractivity contribution in [2.45, 2.75) is 0 Å². The van der Waals surface area contributed by atoms with Gasteiger partial charge in [-0.15, -0.1) is 11.3 Å². The first-order valence-electron chi connectivity index (χ1n) is 8.64. The van der Waals surface area contributed by atoms with Crippen LogP contribution in [0.3, 0.4) is 0 Å². The number of hydrogen-bond donors (Lipinski definition) is 2. The van der Waals surface area contributed by atoms with Gasteiger partial charge in [0.1, 0.15) is 5.01 Å². The van der Waals surface area contributed by atoms with Gasteiger partial charge in [-0.05, 0) is 64.5 Å². The highest BCUT2D eigenvalue weighted by atomic mass is 79.9. The Morgan fingerprint density at radius 2 is 1.80 bits per heavy atom. The van der Waals surface area contributed by atoms with Gasteiger partial charge in [0.05, 0.1) is 26.5 Å². The minimum absolute atomic E-state index is 0.158. The molecular formula is C21H12Br2ClN3OS2. The van der Waals surface area contributed by atoms with E-state index in [9.17, 15) is 4.79 Å². The number of benzene rings is 3. The molecule has 0 saturated heterocycles. The zero-order valence-corrected chi connectivity index (χ0v) is 20.6. The van der Waals surface area contributed by atoms with Crippen LogP contribution in [-0.2, 0) is 0 Å². The molecule has 3 aromatic carbocycles. The van der Waals surface area contributed by atoms with Gasteiger partial charge in [0.15, 0.2) is 5.11 Å². The summed E-state index contributed by atoms with van der Waals surface area (Å²) in [5.74, 6) is -0.382. The van der Waals surface area contributed by atoms with E-state index in [1.165, 1.54) is 0 Å². The zero-order valence-electron chi connectivity index (χ0n) is 15.1. The lowest BCUT2D eigenvalue weighted by Crippen LogP contribution is -2.34. The number of thiocarbonyl (C=S) groups is 1. The van der Waals surface area contributed by atoms with Crippen molar-refractivity contribution in [1.82, 2.24) is 10.3 Å². The first-order chi connectivity index (χ1) is 14.4. The summed E-state index contributed by atoms with van der Waals surface area (Å²) in [6, 6.07) is 18.6. The Hall–Kier alpha value is -1.84.